The molecule has 88 valence electrons. The Bertz CT molecular complexity index is 538. The number of hydrogen-bond donors (Lipinski definition) is 1. The molecule has 1 N–H and O–H groups in total. The van der Waals surface area contributed by atoms with Gasteiger partial charge >= 0.3 is 0 Å². The van der Waals surface area contributed by atoms with E-state index in [0.29, 0.717) is 11.0 Å². The van der Waals surface area contributed by atoms with E-state index >= 15 is 0 Å². The van der Waals surface area contributed by atoms with Crippen molar-refractivity contribution in [2.45, 2.75) is 0 Å². The molecule has 0 saturated carbocycles. The molecule has 1 aliphatic heterocycles. The third kappa shape index (κ3) is 1.89. The molecule has 0 unspecified atom stereocenters. The van der Waals surface area contributed by atoms with Crippen LogP contribution in [0.2, 0.25) is 0 Å². The lowest BCUT2D eigenvalue weighted by Crippen LogP contribution is -2.36. The van der Waals surface area contributed by atoms with Gasteiger partial charge in [0, 0.05) is 13.1 Å². The van der Waals surface area contributed by atoms with Crippen molar-refractivity contribution in [2.75, 3.05) is 31.2 Å². The molecule has 0 bridgehead atoms. The minimum atomic E-state index is 0.170. The fourth-order valence-electron chi connectivity index (χ4n) is 1.96. The Morgan fingerprint density at radius 2 is 2.06 bits per heavy atom. The normalized spacial score (nSPS) is 16.4. The maximum Gasteiger partial charge on any atom is 0.148 e. The van der Waals surface area contributed by atoms with Gasteiger partial charge in [0.05, 0.1) is 24.9 Å². The average Bonchev–Trinajstić information content (AvgIpc) is 2.40. The molecule has 17 heavy (non-hydrogen) atoms. The van der Waals surface area contributed by atoms with E-state index in [1.54, 1.807) is 18.3 Å². The van der Waals surface area contributed by atoms with E-state index in [2.05, 4.69) is 14.9 Å². The van der Waals surface area contributed by atoms with Crippen LogP contribution in [-0.4, -0.2) is 41.4 Å². The fourth-order valence-corrected chi connectivity index (χ4v) is 1.96. The van der Waals surface area contributed by atoms with Crippen LogP contribution < -0.4 is 4.90 Å². The number of rotatable bonds is 1. The van der Waals surface area contributed by atoms with E-state index in [4.69, 9.17) is 4.74 Å². The number of anilines is 1. The number of para-hydroxylation sites is 1. The molecule has 0 amide bonds. The van der Waals surface area contributed by atoms with Crippen LogP contribution in [0.15, 0.2) is 24.4 Å². The van der Waals surface area contributed by atoms with Crippen molar-refractivity contribution in [3.05, 3.63) is 24.4 Å². The van der Waals surface area contributed by atoms with Crippen LogP contribution in [-0.2, 0) is 4.74 Å². The molecule has 0 radical (unpaired) electrons. The average molecular weight is 231 g/mol. The van der Waals surface area contributed by atoms with Crippen LogP contribution in [0.4, 0.5) is 5.82 Å². The van der Waals surface area contributed by atoms with E-state index in [9.17, 15) is 5.11 Å². The number of aromatic hydroxyl groups is 1. The Hall–Kier alpha value is -1.88. The smallest absolute Gasteiger partial charge is 0.148 e. The summed E-state index contributed by atoms with van der Waals surface area (Å²) in [5, 5.41) is 9.64. The molecule has 0 aliphatic carbocycles. The predicted octanol–water partition coefficient (Wildman–Crippen LogP) is 1.17. The number of benzene rings is 1. The van der Waals surface area contributed by atoms with Gasteiger partial charge in [-0.1, -0.05) is 6.07 Å². The van der Waals surface area contributed by atoms with Crippen LogP contribution in [0.5, 0.6) is 5.75 Å². The molecule has 0 spiro atoms. The molecular formula is C12H13N3O2. The lowest BCUT2D eigenvalue weighted by Gasteiger charge is -2.27. The van der Waals surface area contributed by atoms with Crippen molar-refractivity contribution in [1.29, 1.82) is 0 Å². The summed E-state index contributed by atoms with van der Waals surface area (Å²) in [7, 11) is 0. The van der Waals surface area contributed by atoms with E-state index in [-0.39, 0.29) is 5.75 Å². The highest BCUT2D eigenvalue weighted by molar-refractivity contribution is 5.81. The molecule has 0 atom stereocenters. The van der Waals surface area contributed by atoms with Gasteiger partial charge in [0.25, 0.3) is 0 Å². The molecule has 1 aromatic carbocycles. The quantitative estimate of drug-likeness (QED) is 0.798. The summed E-state index contributed by atoms with van der Waals surface area (Å²) in [5.41, 5.74) is 1.26. The molecule has 1 fully saturated rings. The van der Waals surface area contributed by atoms with Gasteiger partial charge in [-0.3, -0.25) is 0 Å². The molecule has 5 nitrogen and oxygen atoms in total. The van der Waals surface area contributed by atoms with Crippen LogP contribution >= 0.6 is 0 Å². The summed E-state index contributed by atoms with van der Waals surface area (Å²) in [6, 6.07) is 5.24. The fraction of sp³-hybridized carbons (Fsp3) is 0.333. The highest BCUT2D eigenvalue weighted by Gasteiger charge is 2.13. The van der Waals surface area contributed by atoms with Crippen LogP contribution in [0.1, 0.15) is 0 Å². The minimum absolute atomic E-state index is 0.170. The molecule has 2 heterocycles. The third-order valence-corrected chi connectivity index (χ3v) is 2.87. The second kappa shape index (κ2) is 4.18. The molecule has 1 aliphatic rings. The molecule has 2 aromatic rings. The summed E-state index contributed by atoms with van der Waals surface area (Å²) in [5.74, 6) is 1.01. The first-order chi connectivity index (χ1) is 8.34. The predicted molar refractivity (Wildman–Crippen MR) is 64.2 cm³/mol. The van der Waals surface area contributed by atoms with Crippen LogP contribution in [0.25, 0.3) is 11.0 Å². The van der Waals surface area contributed by atoms with Crippen molar-refractivity contribution in [1.82, 2.24) is 9.97 Å². The SMILES string of the molecule is Oc1cccc2nc(N3CCOCC3)cnc12. The number of hydrogen-bond acceptors (Lipinski definition) is 5. The first-order valence-electron chi connectivity index (χ1n) is 5.62. The first-order valence-corrected chi connectivity index (χ1v) is 5.62. The summed E-state index contributed by atoms with van der Waals surface area (Å²) >= 11 is 0. The Kier molecular flexibility index (Phi) is 2.53. The molecule has 3 rings (SSSR count). The van der Waals surface area contributed by atoms with Crippen molar-refractivity contribution >= 4 is 16.9 Å². The number of morpholine rings is 1. The Balaban J connectivity index is 2.01. The Morgan fingerprint density at radius 1 is 1.24 bits per heavy atom. The van der Waals surface area contributed by atoms with Gasteiger partial charge in [0.2, 0.25) is 0 Å². The van der Waals surface area contributed by atoms with E-state index in [1.165, 1.54) is 0 Å². The second-order valence-electron chi connectivity index (χ2n) is 3.97. The van der Waals surface area contributed by atoms with E-state index < -0.39 is 0 Å². The number of ether oxygens (including phenoxy) is 1. The largest absolute Gasteiger partial charge is 0.506 e. The molecular weight excluding hydrogens is 218 g/mol. The van der Waals surface area contributed by atoms with Crippen molar-refractivity contribution in [3.63, 3.8) is 0 Å². The lowest BCUT2D eigenvalue weighted by atomic mass is 10.3. The summed E-state index contributed by atoms with van der Waals surface area (Å²) in [6.07, 6.45) is 1.70. The Labute approximate surface area is 98.7 Å². The van der Waals surface area contributed by atoms with Crippen molar-refractivity contribution in [2.24, 2.45) is 0 Å². The zero-order valence-electron chi connectivity index (χ0n) is 9.33. The Morgan fingerprint density at radius 3 is 2.88 bits per heavy atom. The van der Waals surface area contributed by atoms with Gasteiger partial charge in [0.1, 0.15) is 17.1 Å². The monoisotopic (exact) mass is 231 g/mol. The van der Waals surface area contributed by atoms with Gasteiger partial charge in [-0.2, -0.15) is 0 Å². The lowest BCUT2D eigenvalue weighted by molar-refractivity contribution is 0.122. The minimum Gasteiger partial charge on any atom is -0.506 e. The molecule has 1 saturated heterocycles. The standard InChI is InChI=1S/C12H13N3O2/c16-10-3-1-2-9-12(10)13-8-11(14-9)15-4-6-17-7-5-15/h1-3,8,16H,4-7H2. The summed E-state index contributed by atoms with van der Waals surface area (Å²) in [6.45, 7) is 3.11. The van der Waals surface area contributed by atoms with Gasteiger partial charge in [-0.05, 0) is 12.1 Å². The third-order valence-electron chi connectivity index (χ3n) is 2.87. The van der Waals surface area contributed by atoms with Crippen molar-refractivity contribution < 1.29 is 9.84 Å². The summed E-state index contributed by atoms with van der Waals surface area (Å²) in [4.78, 5) is 10.9. The van der Waals surface area contributed by atoms with E-state index in [1.807, 2.05) is 6.07 Å². The maximum absolute atomic E-state index is 9.64. The zero-order chi connectivity index (χ0) is 11.7. The van der Waals surface area contributed by atoms with Crippen molar-refractivity contribution in [3.8, 4) is 5.75 Å². The first kappa shape index (κ1) is 10.3. The number of phenolic OH excluding ortho intramolecular Hbond substituents is 1. The highest BCUT2D eigenvalue weighted by atomic mass is 16.5. The van der Waals surface area contributed by atoms with Crippen LogP contribution in [0.3, 0.4) is 0 Å². The van der Waals surface area contributed by atoms with Crippen LogP contribution in [0, 0.1) is 0 Å². The number of nitrogens with zero attached hydrogens (tertiary/aromatic N) is 3. The van der Waals surface area contributed by atoms with Gasteiger partial charge in [-0.15, -0.1) is 0 Å². The second-order valence-corrected chi connectivity index (χ2v) is 3.97. The number of phenols is 1. The zero-order valence-corrected chi connectivity index (χ0v) is 9.33. The highest BCUT2D eigenvalue weighted by Crippen LogP contribution is 2.23. The van der Waals surface area contributed by atoms with E-state index in [0.717, 1.165) is 32.1 Å². The topological polar surface area (TPSA) is 58.5 Å². The molecule has 1 aromatic heterocycles. The molecule has 5 heteroatoms. The number of fused-ring (bicyclic) bond motifs is 1. The van der Waals surface area contributed by atoms with Gasteiger partial charge < -0.3 is 14.7 Å². The maximum atomic E-state index is 9.64. The van der Waals surface area contributed by atoms with Gasteiger partial charge in [0.15, 0.2) is 0 Å². The summed E-state index contributed by atoms with van der Waals surface area (Å²) < 4.78 is 5.30. The number of aromatic nitrogens is 2. The van der Waals surface area contributed by atoms with Gasteiger partial charge in [-0.25, -0.2) is 9.97 Å².